The number of pyridine rings is 1. The maximum absolute atomic E-state index is 11.6. The van der Waals surface area contributed by atoms with Gasteiger partial charge in [-0.05, 0) is 47.3 Å². The first-order chi connectivity index (χ1) is 15.1. The molecule has 0 saturated carbocycles. The van der Waals surface area contributed by atoms with E-state index in [9.17, 15) is 10.1 Å². The summed E-state index contributed by atoms with van der Waals surface area (Å²) in [5, 5.41) is 16.6. The highest BCUT2D eigenvalue weighted by Gasteiger charge is 2.17. The number of nitro groups is 1. The average molecular weight is 423 g/mol. The molecular formula is C26H15ClN2O2. The van der Waals surface area contributed by atoms with Gasteiger partial charge >= 0.3 is 0 Å². The Morgan fingerprint density at radius 3 is 2.19 bits per heavy atom. The van der Waals surface area contributed by atoms with Crippen molar-refractivity contribution in [2.75, 3.05) is 0 Å². The summed E-state index contributed by atoms with van der Waals surface area (Å²) in [6, 6.07) is 29.6. The van der Waals surface area contributed by atoms with Gasteiger partial charge in [0.1, 0.15) is 0 Å². The van der Waals surface area contributed by atoms with Gasteiger partial charge < -0.3 is 4.40 Å². The number of nitrogens with zero attached hydrogens (tertiary/aromatic N) is 2. The Hall–Kier alpha value is -3.89. The number of hydrogen-bond donors (Lipinski definition) is 0. The fraction of sp³-hybridized carbons (Fsp3) is 0. The van der Waals surface area contributed by atoms with Crippen LogP contribution in [0.5, 0.6) is 0 Å². The van der Waals surface area contributed by atoms with E-state index in [-0.39, 0.29) is 10.6 Å². The first-order valence-electron chi connectivity index (χ1n) is 9.91. The number of fused-ring (bicyclic) bond motifs is 8. The molecule has 0 N–H and O–H groups in total. The molecule has 0 aliphatic rings. The van der Waals surface area contributed by atoms with Gasteiger partial charge in [-0.3, -0.25) is 10.1 Å². The number of para-hydroxylation sites is 1. The number of nitro benzene ring substituents is 1. The zero-order chi connectivity index (χ0) is 21.1. The summed E-state index contributed by atoms with van der Waals surface area (Å²) in [6.07, 6.45) is 0. The number of rotatable bonds is 2. The van der Waals surface area contributed by atoms with Crippen LogP contribution in [0.15, 0.2) is 91.0 Å². The standard InChI is InChI=1S/C26H15ClN2O2/c27-18-10-12-25(29(30)31)22(15-18)16-9-11-23-17(13-16)14-26-21-7-2-1-5-19(21)20-6-3-4-8-24(20)28(23)26/h1-15H. The monoisotopic (exact) mass is 422 g/mol. The first kappa shape index (κ1) is 17.9. The van der Waals surface area contributed by atoms with E-state index in [1.165, 1.54) is 22.2 Å². The molecule has 0 saturated heterocycles. The molecule has 0 unspecified atom stereocenters. The fourth-order valence-electron chi connectivity index (χ4n) is 4.58. The van der Waals surface area contributed by atoms with Crippen LogP contribution in [-0.2, 0) is 0 Å². The SMILES string of the molecule is O=[N+]([O-])c1ccc(Cl)cc1-c1ccc2c(c1)cc1c3ccccc3c3ccccc3n21. The Balaban J connectivity index is 1.73. The first-order valence-corrected chi connectivity index (χ1v) is 10.3. The lowest BCUT2D eigenvalue weighted by Crippen LogP contribution is -1.92. The summed E-state index contributed by atoms with van der Waals surface area (Å²) in [5.41, 5.74) is 4.64. The number of hydrogen-bond acceptors (Lipinski definition) is 2. The van der Waals surface area contributed by atoms with E-state index in [0.29, 0.717) is 10.6 Å². The van der Waals surface area contributed by atoms with Crippen molar-refractivity contribution >= 4 is 55.4 Å². The summed E-state index contributed by atoms with van der Waals surface area (Å²) in [6.45, 7) is 0. The number of halogens is 1. The summed E-state index contributed by atoms with van der Waals surface area (Å²) >= 11 is 6.16. The molecule has 148 valence electrons. The topological polar surface area (TPSA) is 47.5 Å². The molecule has 6 rings (SSSR count). The molecule has 6 aromatic rings. The van der Waals surface area contributed by atoms with E-state index >= 15 is 0 Å². The Morgan fingerprint density at radius 2 is 1.42 bits per heavy atom. The molecule has 0 amide bonds. The minimum Gasteiger partial charge on any atom is -0.309 e. The van der Waals surface area contributed by atoms with Crippen molar-refractivity contribution in [3.63, 3.8) is 0 Å². The van der Waals surface area contributed by atoms with Gasteiger partial charge in [0.2, 0.25) is 0 Å². The molecule has 31 heavy (non-hydrogen) atoms. The quantitative estimate of drug-likeness (QED) is 0.163. The van der Waals surface area contributed by atoms with Crippen LogP contribution in [0, 0.1) is 10.1 Å². The van der Waals surface area contributed by atoms with Crippen molar-refractivity contribution in [3.8, 4) is 11.1 Å². The van der Waals surface area contributed by atoms with Crippen molar-refractivity contribution < 1.29 is 4.92 Å². The van der Waals surface area contributed by atoms with Gasteiger partial charge in [0.05, 0.1) is 27.0 Å². The zero-order valence-corrected chi connectivity index (χ0v) is 17.0. The predicted octanol–water partition coefficient (Wildman–Crippen LogP) is 7.63. The third kappa shape index (κ3) is 2.62. The fourth-order valence-corrected chi connectivity index (χ4v) is 4.75. The van der Waals surface area contributed by atoms with E-state index < -0.39 is 0 Å². The van der Waals surface area contributed by atoms with Crippen LogP contribution in [-0.4, -0.2) is 9.32 Å². The van der Waals surface area contributed by atoms with Crippen LogP contribution in [0.2, 0.25) is 5.02 Å². The van der Waals surface area contributed by atoms with E-state index in [0.717, 1.165) is 27.5 Å². The van der Waals surface area contributed by atoms with Crippen molar-refractivity contribution in [2.45, 2.75) is 0 Å². The van der Waals surface area contributed by atoms with E-state index in [1.807, 2.05) is 24.3 Å². The molecule has 4 aromatic carbocycles. The van der Waals surface area contributed by atoms with Gasteiger partial charge in [-0.25, -0.2) is 0 Å². The van der Waals surface area contributed by atoms with Crippen LogP contribution < -0.4 is 0 Å². The molecule has 0 radical (unpaired) electrons. The molecule has 0 bridgehead atoms. The average Bonchev–Trinajstić information content (AvgIpc) is 3.18. The number of aromatic nitrogens is 1. The second-order valence-electron chi connectivity index (χ2n) is 7.62. The molecule has 0 aliphatic heterocycles. The smallest absolute Gasteiger partial charge is 0.277 e. The molecule has 5 heteroatoms. The Morgan fingerprint density at radius 1 is 0.710 bits per heavy atom. The highest BCUT2D eigenvalue weighted by molar-refractivity contribution is 6.31. The summed E-state index contributed by atoms with van der Waals surface area (Å²) < 4.78 is 2.27. The maximum atomic E-state index is 11.6. The number of benzene rings is 4. The van der Waals surface area contributed by atoms with Crippen LogP contribution >= 0.6 is 11.6 Å². The molecule has 0 spiro atoms. The third-order valence-corrected chi connectivity index (χ3v) is 6.14. The van der Waals surface area contributed by atoms with E-state index in [4.69, 9.17) is 11.6 Å². The molecule has 4 nitrogen and oxygen atoms in total. The second kappa shape index (κ2) is 6.56. The zero-order valence-electron chi connectivity index (χ0n) is 16.2. The van der Waals surface area contributed by atoms with Crippen LogP contribution in [0.4, 0.5) is 5.69 Å². The van der Waals surface area contributed by atoms with Gasteiger partial charge in [0.15, 0.2) is 0 Å². The van der Waals surface area contributed by atoms with Crippen molar-refractivity contribution in [1.82, 2.24) is 4.40 Å². The highest BCUT2D eigenvalue weighted by Crippen LogP contribution is 2.37. The molecule has 2 heterocycles. The second-order valence-corrected chi connectivity index (χ2v) is 8.06. The maximum Gasteiger partial charge on any atom is 0.277 e. The lowest BCUT2D eigenvalue weighted by molar-refractivity contribution is -0.384. The summed E-state index contributed by atoms with van der Waals surface area (Å²) in [5.74, 6) is 0. The van der Waals surface area contributed by atoms with Gasteiger partial charge in [-0.15, -0.1) is 0 Å². The van der Waals surface area contributed by atoms with Gasteiger partial charge in [-0.2, -0.15) is 0 Å². The molecular weight excluding hydrogens is 408 g/mol. The van der Waals surface area contributed by atoms with Crippen molar-refractivity contribution in [1.29, 1.82) is 0 Å². The van der Waals surface area contributed by atoms with Crippen molar-refractivity contribution in [2.24, 2.45) is 0 Å². The van der Waals surface area contributed by atoms with Crippen LogP contribution in [0.3, 0.4) is 0 Å². The lowest BCUT2D eigenvalue weighted by Gasteiger charge is -2.10. The summed E-state index contributed by atoms with van der Waals surface area (Å²) in [4.78, 5) is 11.2. The largest absolute Gasteiger partial charge is 0.309 e. The molecule has 0 atom stereocenters. The Labute approximate surface area is 182 Å². The van der Waals surface area contributed by atoms with E-state index in [1.54, 1.807) is 12.1 Å². The predicted molar refractivity (Wildman–Crippen MR) is 127 cm³/mol. The summed E-state index contributed by atoms with van der Waals surface area (Å²) in [7, 11) is 0. The molecule has 2 aromatic heterocycles. The third-order valence-electron chi connectivity index (χ3n) is 5.91. The van der Waals surface area contributed by atoms with Gasteiger partial charge in [0.25, 0.3) is 5.69 Å². The minimum absolute atomic E-state index is 0.0448. The molecule has 0 fully saturated rings. The van der Waals surface area contributed by atoms with Crippen molar-refractivity contribution in [3.05, 3.63) is 106 Å². The van der Waals surface area contributed by atoms with Gasteiger partial charge in [-0.1, -0.05) is 60.1 Å². The molecule has 0 aliphatic carbocycles. The Bertz CT molecular complexity index is 1680. The van der Waals surface area contributed by atoms with Crippen LogP contribution in [0.1, 0.15) is 0 Å². The normalized spacial score (nSPS) is 11.6. The van der Waals surface area contributed by atoms with E-state index in [2.05, 4.69) is 52.9 Å². The Kier molecular flexibility index (Phi) is 3.79. The van der Waals surface area contributed by atoms with Gasteiger partial charge in [0, 0.05) is 27.2 Å². The van der Waals surface area contributed by atoms with Crippen LogP contribution in [0.25, 0.3) is 49.2 Å². The highest BCUT2D eigenvalue weighted by atomic mass is 35.5. The minimum atomic E-state index is -0.368. The lowest BCUT2D eigenvalue weighted by atomic mass is 10.0.